The van der Waals surface area contributed by atoms with E-state index >= 15 is 0 Å². The molecule has 19 heavy (non-hydrogen) atoms. The van der Waals surface area contributed by atoms with Crippen molar-refractivity contribution in [1.82, 2.24) is 9.97 Å². The average Bonchev–Trinajstić information content (AvgIpc) is 2.63. The fourth-order valence-corrected chi connectivity index (χ4v) is 1.74. The first-order chi connectivity index (χ1) is 8.91. The molecule has 0 aromatic carbocycles. The van der Waals surface area contributed by atoms with Crippen LogP contribution in [0.3, 0.4) is 0 Å². The Morgan fingerprint density at radius 1 is 1.42 bits per heavy atom. The number of aromatic nitrogens is 2. The third-order valence-electron chi connectivity index (χ3n) is 2.91. The number of nitrogens with zero attached hydrogens (tertiary/aromatic N) is 2. The average molecular weight is 270 g/mol. The molecule has 1 saturated heterocycles. The van der Waals surface area contributed by atoms with Gasteiger partial charge < -0.3 is 31.1 Å². The third-order valence-corrected chi connectivity index (χ3v) is 2.91. The fraction of sp³-hybridized carbons (Fsp3) is 0.500. The molecule has 2 heterocycles. The van der Waals surface area contributed by atoms with Gasteiger partial charge in [0.05, 0.1) is 0 Å². The molecule has 2 rings (SSSR count). The van der Waals surface area contributed by atoms with Crippen molar-refractivity contribution in [2.24, 2.45) is 0 Å². The van der Waals surface area contributed by atoms with E-state index in [4.69, 9.17) is 15.6 Å². The summed E-state index contributed by atoms with van der Waals surface area (Å²) in [5.41, 5.74) is 6.13. The van der Waals surface area contributed by atoms with E-state index in [1.807, 2.05) is 0 Å². The van der Waals surface area contributed by atoms with Crippen LogP contribution in [0.15, 0.2) is 6.33 Å². The summed E-state index contributed by atoms with van der Waals surface area (Å²) in [6.45, 7) is 1.66. The highest BCUT2D eigenvalue weighted by Crippen LogP contribution is 2.24. The van der Waals surface area contributed by atoms with Crippen molar-refractivity contribution in [3.63, 3.8) is 0 Å². The second-order valence-corrected chi connectivity index (χ2v) is 4.17. The van der Waals surface area contributed by atoms with Crippen molar-refractivity contribution < 1.29 is 24.9 Å². The lowest BCUT2D eigenvalue weighted by atomic mass is 10.1. The summed E-state index contributed by atoms with van der Waals surface area (Å²) in [7, 11) is 0. The van der Waals surface area contributed by atoms with Gasteiger partial charge in [0.2, 0.25) is 0 Å². The fourth-order valence-electron chi connectivity index (χ4n) is 1.74. The summed E-state index contributed by atoms with van der Waals surface area (Å²) in [5, 5.41) is 30.8. The number of aliphatic hydroxyl groups is 2. The molecule has 1 aliphatic rings. The number of nitrogens with two attached hydrogens (primary N) is 1. The second kappa shape index (κ2) is 4.96. The number of aliphatic hydroxyl groups excluding tert-OH is 2. The summed E-state index contributed by atoms with van der Waals surface area (Å²) in [5.74, 6) is -0.801. The zero-order valence-corrected chi connectivity index (χ0v) is 10.0. The smallest absolute Gasteiger partial charge is 0.335 e. The van der Waals surface area contributed by atoms with E-state index in [2.05, 4.69) is 15.3 Å². The molecule has 0 spiro atoms. The molecule has 0 unspecified atom stereocenters. The lowest BCUT2D eigenvalue weighted by Crippen LogP contribution is -2.37. The number of carboxylic acid groups (broad SMARTS) is 1. The van der Waals surface area contributed by atoms with Gasteiger partial charge in [0.1, 0.15) is 30.2 Å². The van der Waals surface area contributed by atoms with E-state index in [1.165, 1.54) is 6.33 Å². The lowest BCUT2D eigenvalue weighted by molar-refractivity contribution is -0.152. The molecular weight excluding hydrogens is 256 g/mol. The Morgan fingerprint density at radius 3 is 2.68 bits per heavy atom. The molecule has 9 nitrogen and oxygen atoms in total. The van der Waals surface area contributed by atoms with Crippen molar-refractivity contribution in [3.05, 3.63) is 11.9 Å². The molecule has 1 aromatic heterocycles. The molecule has 0 aliphatic carbocycles. The molecule has 104 valence electrons. The zero-order valence-electron chi connectivity index (χ0n) is 10.0. The zero-order chi connectivity index (χ0) is 14.2. The van der Waals surface area contributed by atoms with Crippen LogP contribution in [0.4, 0.5) is 11.6 Å². The van der Waals surface area contributed by atoms with Crippen molar-refractivity contribution in [2.75, 3.05) is 11.1 Å². The summed E-state index contributed by atoms with van der Waals surface area (Å²) in [6.07, 6.45) is -4.28. The highest BCUT2D eigenvalue weighted by Gasteiger charge is 2.46. The van der Waals surface area contributed by atoms with Crippen LogP contribution >= 0.6 is 0 Å². The van der Waals surface area contributed by atoms with Crippen molar-refractivity contribution in [2.45, 2.75) is 31.5 Å². The molecule has 9 heteroatoms. The first kappa shape index (κ1) is 13.5. The summed E-state index contributed by atoms with van der Waals surface area (Å²) in [4.78, 5) is 18.5. The van der Waals surface area contributed by atoms with Gasteiger partial charge in [-0.15, -0.1) is 0 Å². The van der Waals surface area contributed by atoms with Crippen LogP contribution < -0.4 is 11.1 Å². The Labute approximate surface area is 108 Å². The summed E-state index contributed by atoms with van der Waals surface area (Å²) in [6, 6.07) is 0. The van der Waals surface area contributed by atoms with E-state index in [0.29, 0.717) is 11.4 Å². The molecule has 0 radical (unpaired) electrons. The lowest BCUT2D eigenvalue weighted by Gasteiger charge is -2.18. The Bertz CT molecular complexity index is 497. The number of nitrogen functional groups attached to an aromatic ring is 1. The number of hydrogen-bond acceptors (Lipinski definition) is 8. The number of aliphatic carboxylic acids is 1. The Kier molecular flexibility index (Phi) is 3.51. The van der Waals surface area contributed by atoms with Crippen LogP contribution in [0.1, 0.15) is 5.56 Å². The van der Waals surface area contributed by atoms with Crippen LogP contribution in [-0.4, -0.2) is 55.8 Å². The SMILES string of the molecule is Cc1c(N)ncnc1N[C@@H]1O[C@H](C(=O)O)[C@@H](O)[C@H]1O. The minimum atomic E-state index is -1.52. The topological polar surface area (TPSA) is 151 Å². The monoisotopic (exact) mass is 270 g/mol. The molecular formula is C10H14N4O5. The first-order valence-electron chi connectivity index (χ1n) is 5.50. The largest absolute Gasteiger partial charge is 0.479 e. The number of nitrogens with one attached hydrogen (secondary N) is 1. The van der Waals surface area contributed by atoms with Crippen LogP contribution in [-0.2, 0) is 9.53 Å². The van der Waals surface area contributed by atoms with Gasteiger partial charge >= 0.3 is 5.97 Å². The maximum absolute atomic E-state index is 10.8. The Hall–Kier alpha value is -1.97. The standard InChI is InChI=1S/C10H14N4O5/c1-3-7(11)12-2-13-8(3)14-9-5(16)4(15)6(19-9)10(17)18/h2,4-6,9,15-16H,1H3,(H,17,18)(H3,11,12,13,14)/t4-,5+,6-,9+/m0/s1. The van der Waals surface area contributed by atoms with Gasteiger partial charge in [-0.25, -0.2) is 14.8 Å². The third kappa shape index (κ3) is 2.43. The molecule has 0 saturated carbocycles. The van der Waals surface area contributed by atoms with Gasteiger partial charge in [-0.2, -0.15) is 0 Å². The maximum atomic E-state index is 10.8. The molecule has 0 amide bonds. The normalized spacial score (nSPS) is 30.3. The predicted octanol–water partition coefficient (Wildman–Crippen LogP) is -1.69. The van der Waals surface area contributed by atoms with Crippen LogP contribution in [0.25, 0.3) is 0 Å². The molecule has 0 bridgehead atoms. The van der Waals surface area contributed by atoms with Crippen molar-refractivity contribution in [3.8, 4) is 0 Å². The van der Waals surface area contributed by atoms with E-state index < -0.39 is 30.5 Å². The molecule has 1 aliphatic heterocycles. The molecule has 6 N–H and O–H groups in total. The number of carbonyl (C=O) groups is 1. The van der Waals surface area contributed by atoms with E-state index in [0.717, 1.165) is 0 Å². The van der Waals surface area contributed by atoms with Gasteiger partial charge in [0, 0.05) is 5.56 Å². The Balaban J connectivity index is 2.16. The van der Waals surface area contributed by atoms with Crippen LogP contribution in [0.2, 0.25) is 0 Å². The van der Waals surface area contributed by atoms with E-state index in [-0.39, 0.29) is 5.82 Å². The number of rotatable bonds is 3. The molecule has 4 atom stereocenters. The summed E-state index contributed by atoms with van der Waals surface area (Å²) < 4.78 is 5.03. The molecule has 1 fully saturated rings. The minimum Gasteiger partial charge on any atom is -0.479 e. The minimum absolute atomic E-state index is 0.250. The maximum Gasteiger partial charge on any atom is 0.335 e. The summed E-state index contributed by atoms with van der Waals surface area (Å²) >= 11 is 0. The number of anilines is 2. The van der Waals surface area contributed by atoms with Crippen molar-refractivity contribution in [1.29, 1.82) is 0 Å². The number of ether oxygens (including phenoxy) is 1. The van der Waals surface area contributed by atoms with Gasteiger partial charge in [-0.3, -0.25) is 0 Å². The van der Waals surface area contributed by atoms with Gasteiger partial charge in [-0.05, 0) is 6.92 Å². The number of hydrogen-bond donors (Lipinski definition) is 5. The Morgan fingerprint density at radius 2 is 2.11 bits per heavy atom. The van der Waals surface area contributed by atoms with E-state index in [1.54, 1.807) is 6.92 Å². The highest BCUT2D eigenvalue weighted by molar-refractivity contribution is 5.73. The van der Waals surface area contributed by atoms with E-state index in [9.17, 15) is 15.0 Å². The van der Waals surface area contributed by atoms with Crippen LogP contribution in [0.5, 0.6) is 0 Å². The first-order valence-corrected chi connectivity index (χ1v) is 5.50. The van der Waals surface area contributed by atoms with Crippen molar-refractivity contribution >= 4 is 17.6 Å². The second-order valence-electron chi connectivity index (χ2n) is 4.17. The van der Waals surface area contributed by atoms with Gasteiger partial charge in [-0.1, -0.05) is 0 Å². The van der Waals surface area contributed by atoms with Gasteiger partial charge in [0.15, 0.2) is 12.3 Å². The quantitative estimate of drug-likeness (QED) is 0.433. The number of carboxylic acids is 1. The van der Waals surface area contributed by atoms with Crippen LogP contribution in [0, 0.1) is 6.92 Å². The highest BCUT2D eigenvalue weighted by atomic mass is 16.6. The van der Waals surface area contributed by atoms with Gasteiger partial charge in [0.25, 0.3) is 0 Å². The predicted molar refractivity (Wildman–Crippen MR) is 63.1 cm³/mol. The molecule has 1 aromatic rings.